The molecule has 21 heavy (non-hydrogen) atoms. The lowest BCUT2D eigenvalue weighted by molar-refractivity contribution is 0.760. The molecule has 0 aromatic heterocycles. The molecule has 0 aliphatic carbocycles. The van der Waals surface area contributed by atoms with Gasteiger partial charge in [0.05, 0.1) is 5.69 Å². The lowest BCUT2D eigenvalue weighted by Gasteiger charge is -2.26. The molecule has 3 rings (SSSR count). The maximum Gasteiger partial charge on any atom is 0.0555 e. The smallest absolute Gasteiger partial charge is 0.0555 e. The molecule has 2 nitrogen and oxygen atoms in total. The van der Waals surface area contributed by atoms with Crippen LogP contribution >= 0.6 is 15.9 Å². The molecule has 2 N–H and O–H groups in total. The van der Waals surface area contributed by atoms with Gasteiger partial charge in [-0.2, -0.15) is 0 Å². The summed E-state index contributed by atoms with van der Waals surface area (Å²) in [6, 6.07) is 15.4. The summed E-state index contributed by atoms with van der Waals surface area (Å²) in [5.41, 5.74) is 11.0. The van der Waals surface area contributed by atoms with Crippen molar-refractivity contribution in [1.82, 2.24) is 0 Å². The van der Waals surface area contributed by atoms with Crippen LogP contribution in [0.2, 0.25) is 0 Å². The summed E-state index contributed by atoms with van der Waals surface area (Å²) in [4.78, 5) is 2.44. The van der Waals surface area contributed by atoms with E-state index in [-0.39, 0.29) is 0 Å². The average Bonchev–Trinajstić information content (AvgIpc) is 2.70. The van der Waals surface area contributed by atoms with Crippen LogP contribution in [-0.4, -0.2) is 13.1 Å². The fourth-order valence-corrected chi connectivity index (χ4v) is 3.67. The van der Waals surface area contributed by atoms with E-state index in [1.54, 1.807) is 0 Å². The Hall–Kier alpha value is -1.32. The number of hydrogen-bond acceptors (Lipinski definition) is 2. The molecule has 2 aromatic carbocycles. The van der Waals surface area contributed by atoms with Gasteiger partial charge in [0.15, 0.2) is 0 Å². The number of aryl methyl sites for hydroxylation is 1. The minimum absolute atomic E-state index is 0.693. The Bertz CT molecular complexity index is 624. The van der Waals surface area contributed by atoms with Crippen molar-refractivity contribution in [3.63, 3.8) is 0 Å². The van der Waals surface area contributed by atoms with Gasteiger partial charge in [0, 0.05) is 16.7 Å². The molecule has 3 heteroatoms. The Morgan fingerprint density at radius 2 is 1.90 bits per heavy atom. The van der Waals surface area contributed by atoms with Gasteiger partial charge < -0.3 is 10.6 Å². The van der Waals surface area contributed by atoms with Crippen LogP contribution in [0.15, 0.2) is 46.9 Å². The van der Waals surface area contributed by atoms with Gasteiger partial charge in [-0.05, 0) is 77.5 Å². The first-order valence-electron chi connectivity index (χ1n) is 7.63. The largest absolute Gasteiger partial charge is 0.340 e. The van der Waals surface area contributed by atoms with Crippen molar-refractivity contribution in [2.75, 3.05) is 18.0 Å². The highest BCUT2D eigenvalue weighted by Gasteiger charge is 2.18. The number of halogens is 1. The van der Waals surface area contributed by atoms with Gasteiger partial charge in [0.1, 0.15) is 0 Å². The summed E-state index contributed by atoms with van der Waals surface area (Å²) in [6.07, 6.45) is 4.59. The van der Waals surface area contributed by atoms with Gasteiger partial charge in [-0.1, -0.05) is 24.3 Å². The summed E-state index contributed by atoms with van der Waals surface area (Å²) >= 11 is 3.75. The van der Waals surface area contributed by atoms with Gasteiger partial charge in [-0.25, -0.2) is 0 Å². The standard InChI is InChI=1S/C18H21BrN2/c19-16-13-14(10-11-20)8-9-18(16)21-12-4-3-6-15-5-1-2-7-17(15)21/h1-2,5,7-9,13H,3-4,6,10-12,20H2. The summed E-state index contributed by atoms with van der Waals surface area (Å²) in [6.45, 7) is 1.77. The van der Waals surface area contributed by atoms with Crippen LogP contribution in [0, 0.1) is 0 Å². The highest BCUT2D eigenvalue weighted by molar-refractivity contribution is 9.10. The zero-order chi connectivity index (χ0) is 14.7. The number of nitrogens with zero attached hydrogens (tertiary/aromatic N) is 1. The molecule has 0 saturated carbocycles. The molecule has 0 saturated heterocycles. The molecule has 1 aliphatic rings. The minimum Gasteiger partial charge on any atom is -0.340 e. The van der Waals surface area contributed by atoms with Crippen LogP contribution in [0.1, 0.15) is 24.0 Å². The lowest BCUT2D eigenvalue weighted by atomic mass is 10.1. The second kappa shape index (κ2) is 6.63. The fourth-order valence-electron chi connectivity index (χ4n) is 3.03. The first-order valence-corrected chi connectivity index (χ1v) is 8.43. The molecular weight excluding hydrogens is 324 g/mol. The molecular formula is C18H21BrN2. The second-order valence-electron chi connectivity index (χ2n) is 5.56. The molecule has 1 heterocycles. The third-order valence-corrected chi connectivity index (χ3v) is 4.73. The van der Waals surface area contributed by atoms with Gasteiger partial charge in [-0.3, -0.25) is 0 Å². The van der Waals surface area contributed by atoms with Crippen LogP contribution in [0.4, 0.5) is 11.4 Å². The van der Waals surface area contributed by atoms with Gasteiger partial charge in [0.25, 0.3) is 0 Å². The monoisotopic (exact) mass is 344 g/mol. The van der Waals surface area contributed by atoms with E-state index in [2.05, 4.69) is 63.3 Å². The van der Waals surface area contributed by atoms with E-state index in [9.17, 15) is 0 Å². The van der Waals surface area contributed by atoms with E-state index in [1.807, 2.05) is 0 Å². The average molecular weight is 345 g/mol. The molecule has 0 fully saturated rings. The predicted octanol–water partition coefficient (Wildman–Crippen LogP) is 4.42. The van der Waals surface area contributed by atoms with Crippen molar-refractivity contribution in [1.29, 1.82) is 0 Å². The molecule has 1 aliphatic heterocycles. The van der Waals surface area contributed by atoms with Crippen LogP contribution in [0.3, 0.4) is 0 Å². The Morgan fingerprint density at radius 1 is 1.05 bits per heavy atom. The number of fused-ring (bicyclic) bond motifs is 1. The SMILES string of the molecule is NCCc1ccc(N2CCCCc3ccccc32)c(Br)c1. The highest BCUT2D eigenvalue weighted by atomic mass is 79.9. The van der Waals surface area contributed by atoms with Crippen LogP contribution in [0.25, 0.3) is 0 Å². The Balaban J connectivity index is 2.00. The predicted molar refractivity (Wildman–Crippen MR) is 93.3 cm³/mol. The normalized spacial score (nSPS) is 14.7. The molecule has 0 amide bonds. The first-order chi connectivity index (χ1) is 10.3. The van der Waals surface area contributed by atoms with Crippen molar-refractivity contribution < 1.29 is 0 Å². The molecule has 0 atom stereocenters. The minimum atomic E-state index is 0.693. The first kappa shape index (κ1) is 14.6. The molecule has 0 radical (unpaired) electrons. The van der Waals surface area contributed by atoms with E-state index < -0.39 is 0 Å². The van der Waals surface area contributed by atoms with Crippen molar-refractivity contribution in [2.24, 2.45) is 5.73 Å². The summed E-state index contributed by atoms with van der Waals surface area (Å²) < 4.78 is 1.16. The number of anilines is 2. The van der Waals surface area contributed by atoms with Gasteiger partial charge >= 0.3 is 0 Å². The quantitative estimate of drug-likeness (QED) is 0.892. The van der Waals surface area contributed by atoms with Crippen LogP contribution in [-0.2, 0) is 12.8 Å². The Kier molecular flexibility index (Phi) is 4.61. The van der Waals surface area contributed by atoms with Crippen molar-refractivity contribution in [3.05, 3.63) is 58.1 Å². The number of hydrogen-bond donors (Lipinski definition) is 1. The van der Waals surface area contributed by atoms with E-state index in [0.29, 0.717) is 6.54 Å². The Labute approximate surface area is 135 Å². The van der Waals surface area contributed by atoms with Crippen molar-refractivity contribution >= 4 is 27.3 Å². The van der Waals surface area contributed by atoms with Gasteiger partial charge in [0.2, 0.25) is 0 Å². The lowest BCUT2D eigenvalue weighted by Crippen LogP contribution is -2.18. The molecule has 0 spiro atoms. The van der Waals surface area contributed by atoms with E-state index in [0.717, 1.165) is 17.4 Å². The number of para-hydroxylation sites is 1. The Morgan fingerprint density at radius 3 is 2.71 bits per heavy atom. The second-order valence-corrected chi connectivity index (χ2v) is 6.42. The van der Waals surface area contributed by atoms with E-state index in [1.165, 1.54) is 41.8 Å². The van der Waals surface area contributed by atoms with Crippen LogP contribution in [0.5, 0.6) is 0 Å². The number of benzene rings is 2. The molecule has 110 valence electrons. The van der Waals surface area contributed by atoms with Crippen LogP contribution < -0.4 is 10.6 Å². The molecule has 2 aromatic rings. The fraction of sp³-hybridized carbons (Fsp3) is 0.333. The zero-order valence-electron chi connectivity index (χ0n) is 12.2. The maximum atomic E-state index is 5.65. The highest BCUT2D eigenvalue weighted by Crippen LogP contribution is 2.37. The third-order valence-electron chi connectivity index (χ3n) is 4.10. The molecule has 0 unspecified atom stereocenters. The molecule has 0 bridgehead atoms. The summed E-state index contributed by atoms with van der Waals surface area (Å²) in [5, 5.41) is 0. The zero-order valence-corrected chi connectivity index (χ0v) is 13.8. The third kappa shape index (κ3) is 3.14. The van der Waals surface area contributed by atoms with E-state index in [4.69, 9.17) is 5.73 Å². The summed E-state index contributed by atoms with van der Waals surface area (Å²) in [7, 11) is 0. The number of nitrogens with two attached hydrogens (primary N) is 1. The van der Waals surface area contributed by atoms with E-state index >= 15 is 0 Å². The number of rotatable bonds is 3. The van der Waals surface area contributed by atoms with Crippen molar-refractivity contribution in [3.8, 4) is 0 Å². The topological polar surface area (TPSA) is 29.3 Å². The van der Waals surface area contributed by atoms with Crippen molar-refractivity contribution in [2.45, 2.75) is 25.7 Å². The maximum absolute atomic E-state index is 5.65. The summed E-state index contributed by atoms with van der Waals surface area (Å²) in [5.74, 6) is 0. The van der Waals surface area contributed by atoms with Gasteiger partial charge in [-0.15, -0.1) is 0 Å².